The summed E-state index contributed by atoms with van der Waals surface area (Å²) in [4.78, 5) is 39.0. The fourth-order valence-corrected chi connectivity index (χ4v) is 3.03. The Labute approximate surface area is 162 Å². The molecule has 0 bridgehead atoms. The molecule has 0 radical (unpaired) electrons. The van der Waals surface area contributed by atoms with Crippen molar-refractivity contribution in [3.63, 3.8) is 0 Å². The minimum absolute atomic E-state index is 0.193. The number of carbonyl (C=O) groups is 3. The summed E-state index contributed by atoms with van der Waals surface area (Å²) in [5, 5.41) is 5.18. The van der Waals surface area contributed by atoms with E-state index < -0.39 is 11.8 Å². The molecule has 7 nitrogen and oxygen atoms in total. The van der Waals surface area contributed by atoms with Gasteiger partial charge in [0, 0.05) is 44.5 Å². The first kappa shape index (κ1) is 19.3. The molecule has 8 heteroatoms. The third-order valence-electron chi connectivity index (χ3n) is 4.42. The number of rotatable bonds is 3. The lowest BCUT2D eigenvalue weighted by molar-refractivity contribution is -0.143. The van der Waals surface area contributed by atoms with Crippen LogP contribution < -0.4 is 15.5 Å². The van der Waals surface area contributed by atoms with Crippen molar-refractivity contribution in [2.45, 2.75) is 6.92 Å². The zero-order chi connectivity index (χ0) is 20.1. The van der Waals surface area contributed by atoms with Crippen LogP contribution in [0.15, 0.2) is 48.5 Å². The average molecular weight is 384 g/mol. The van der Waals surface area contributed by atoms with Crippen LogP contribution in [0, 0.1) is 5.82 Å². The lowest BCUT2D eigenvalue weighted by Crippen LogP contribution is -2.51. The largest absolute Gasteiger partial charge is 0.366 e. The summed E-state index contributed by atoms with van der Waals surface area (Å²) in [5.74, 6) is -1.85. The molecule has 1 fully saturated rings. The van der Waals surface area contributed by atoms with Crippen LogP contribution in [0.5, 0.6) is 0 Å². The number of benzene rings is 2. The zero-order valence-corrected chi connectivity index (χ0v) is 15.4. The molecule has 2 aromatic rings. The van der Waals surface area contributed by atoms with Gasteiger partial charge in [0.1, 0.15) is 5.82 Å². The van der Waals surface area contributed by atoms with E-state index in [9.17, 15) is 18.8 Å². The number of para-hydroxylation sites is 1. The van der Waals surface area contributed by atoms with Crippen molar-refractivity contribution in [2.75, 3.05) is 41.7 Å². The van der Waals surface area contributed by atoms with Crippen LogP contribution in [-0.2, 0) is 14.4 Å². The lowest BCUT2D eigenvalue weighted by atomic mass is 10.2. The molecule has 146 valence electrons. The van der Waals surface area contributed by atoms with Crippen LogP contribution in [0.3, 0.4) is 0 Å². The van der Waals surface area contributed by atoms with Gasteiger partial charge in [-0.2, -0.15) is 0 Å². The van der Waals surface area contributed by atoms with Crippen LogP contribution in [0.1, 0.15) is 6.92 Å². The second-order valence-electron chi connectivity index (χ2n) is 6.44. The minimum atomic E-state index is -0.730. The average Bonchev–Trinajstić information content (AvgIpc) is 2.69. The van der Waals surface area contributed by atoms with Crippen molar-refractivity contribution in [3.8, 4) is 0 Å². The first-order valence-electron chi connectivity index (χ1n) is 8.91. The zero-order valence-electron chi connectivity index (χ0n) is 15.4. The van der Waals surface area contributed by atoms with Crippen molar-refractivity contribution < 1.29 is 18.8 Å². The van der Waals surface area contributed by atoms with E-state index in [2.05, 4.69) is 10.6 Å². The first-order valence-corrected chi connectivity index (χ1v) is 8.91. The molecule has 0 spiro atoms. The van der Waals surface area contributed by atoms with E-state index in [0.29, 0.717) is 43.2 Å². The molecular weight excluding hydrogens is 363 g/mol. The highest BCUT2D eigenvalue weighted by molar-refractivity contribution is 6.39. The molecular formula is C20H21FN4O3. The molecule has 1 heterocycles. The third-order valence-corrected chi connectivity index (χ3v) is 4.42. The van der Waals surface area contributed by atoms with E-state index in [-0.39, 0.29) is 11.7 Å². The summed E-state index contributed by atoms with van der Waals surface area (Å²) in [6.07, 6.45) is 0. The highest BCUT2D eigenvalue weighted by atomic mass is 19.1. The fraction of sp³-hybridized carbons (Fsp3) is 0.250. The van der Waals surface area contributed by atoms with Gasteiger partial charge >= 0.3 is 11.8 Å². The fourth-order valence-electron chi connectivity index (χ4n) is 3.03. The summed E-state index contributed by atoms with van der Waals surface area (Å²) in [6, 6.07) is 13.0. The summed E-state index contributed by atoms with van der Waals surface area (Å²) in [5.41, 5.74) is 1.55. The highest BCUT2D eigenvalue weighted by Gasteiger charge is 2.27. The topological polar surface area (TPSA) is 81.8 Å². The van der Waals surface area contributed by atoms with E-state index >= 15 is 0 Å². The Bertz CT molecular complexity index is 877. The second kappa shape index (κ2) is 8.51. The Morgan fingerprint density at radius 2 is 1.43 bits per heavy atom. The van der Waals surface area contributed by atoms with Gasteiger partial charge in [-0.3, -0.25) is 14.4 Å². The number of amides is 3. The molecule has 3 rings (SSSR count). The number of carbonyl (C=O) groups excluding carboxylic acids is 3. The summed E-state index contributed by atoms with van der Waals surface area (Å²) >= 11 is 0. The van der Waals surface area contributed by atoms with Crippen molar-refractivity contribution in [3.05, 3.63) is 54.3 Å². The van der Waals surface area contributed by atoms with E-state index in [1.165, 1.54) is 17.9 Å². The standard InChI is InChI=1S/C20H21FN4O3/c1-14(26)22-15-6-8-16(9-7-15)23-19(27)20(28)25-12-10-24(11-13-25)18-5-3-2-4-17(18)21/h2-9H,10-13H2,1H3,(H,22,26)(H,23,27). The Kier molecular flexibility index (Phi) is 5.88. The molecule has 2 aromatic carbocycles. The Morgan fingerprint density at radius 1 is 0.857 bits per heavy atom. The van der Waals surface area contributed by atoms with E-state index in [1.807, 2.05) is 4.90 Å². The third kappa shape index (κ3) is 4.64. The smallest absolute Gasteiger partial charge is 0.313 e. The van der Waals surface area contributed by atoms with Crippen LogP contribution >= 0.6 is 0 Å². The molecule has 1 aliphatic rings. The molecule has 0 unspecified atom stereocenters. The maximum Gasteiger partial charge on any atom is 0.313 e. The van der Waals surface area contributed by atoms with Crippen LogP contribution in [-0.4, -0.2) is 48.8 Å². The summed E-state index contributed by atoms with van der Waals surface area (Å²) in [6.45, 7) is 2.97. The predicted molar refractivity (Wildman–Crippen MR) is 105 cm³/mol. The molecule has 28 heavy (non-hydrogen) atoms. The first-order chi connectivity index (χ1) is 13.4. The number of hydrogen-bond donors (Lipinski definition) is 2. The molecule has 0 saturated carbocycles. The van der Waals surface area contributed by atoms with E-state index in [0.717, 1.165) is 0 Å². The van der Waals surface area contributed by atoms with Gasteiger partial charge in [-0.1, -0.05) is 12.1 Å². The van der Waals surface area contributed by atoms with Crippen molar-refractivity contribution in [1.82, 2.24) is 4.90 Å². The number of nitrogens with zero attached hydrogens (tertiary/aromatic N) is 2. The number of nitrogens with one attached hydrogen (secondary N) is 2. The molecule has 0 atom stereocenters. The van der Waals surface area contributed by atoms with E-state index in [4.69, 9.17) is 0 Å². The summed E-state index contributed by atoms with van der Waals surface area (Å²) in [7, 11) is 0. The highest BCUT2D eigenvalue weighted by Crippen LogP contribution is 2.20. The SMILES string of the molecule is CC(=O)Nc1ccc(NC(=O)C(=O)N2CCN(c3ccccc3F)CC2)cc1. The molecule has 1 aliphatic heterocycles. The Hall–Kier alpha value is -3.42. The van der Waals surface area contributed by atoms with Gasteiger partial charge < -0.3 is 20.4 Å². The number of hydrogen-bond acceptors (Lipinski definition) is 4. The second-order valence-corrected chi connectivity index (χ2v) is 6.44. The molecule has 1 saturated heterocycles. The van der Waals surface area contributed by atoms with Crippen molar-refractivity contribution in [2.24, 2.45) is 0 Å². The van der Waals surface area contributed by atoms with Gasteiger partial charge in [0.25, 0.3) is 0 Å². The molecule has 2 N–H and O–H groups in total. The molecule has 3 amide bonds. The number of halogens is 1. The van der Waals surface area contributed by atoms with Crippen LogP contribution in [0.25, 0.3) is 0 Å². The van der Waals surface area contributed by atoms with Crippen molar-refractivity contribution >= 4 is 34.8 Å². The van der Waals surface area contributed by atoms with E-state index in [1.54, 1.807) is 42.5 Å². The molecule has 0 aromatic heterocycles. The van der Waals surface area contributed by atoms with Gasteiger partial charge in [-0.15, -0.1) is 0 Å². The Balaban J connectivity index is 1.54. The monoisotopic (exact) mass is 384 g/mol. The van der Waals surface area contributed by atoms with Crippen LogP contribution in [0.4, 0.5) is 21.5 Å². The summed E-state index contributed by atoms with van der Waals surface area (Å²) < 4.78 is 13.9. The maximum absolute atomic E-state index is 13.9. The van der Waals surface area contributed by atoms with Gasteiger partial charge in [0.15, 0.2) is 0 Å². The van der Waals surface area contributed by atoms with Crippen molar-refractivity contribution in [1.29, 1.82) is 0 Å². The quantitative estimate of drug-likeness (QED) is 0.794. The minimum Gasteiger partial charge on any atom is -0.366 e. The normalized spacial score (nSPS) is 13.8. The number of piperazine rings is 1. The van der Waals surface area contributed by atoms with Gasteiger partial charge in [0.2, 0.25) is 5.91 Å². The lowest BCUT2D eigenvalue weighted by Gasteiger charge is -2.35. The maximum atomic E-state index is 13.9. The number of anilines is 3. The molecule has 0 aliphatic carbocycles. The van der Waals surface area contributed by atoms with Gasteiger partial charge in [-0.25, -0.2) is 4.39 Å². The predicted octanol–water partition coefficient (Wildman–Crippen LogP) is 2.07. The van der Waals surface area contributed by atoms with Crippen LogP contribution in [0.2, 0.25) is 0 Å². The van der Waals surface area contributed by atoms with Gasteiger partial charge in [-0.05, 0) is 36.4 Å². The Morgan fingerprint density at radius 3 is 2.00 bits per heavy atom. The van der Waals surface area contributed by atoms with Gasteiger partial charge in [0.05, 0.1) is 5.69 Å².